The number of anilines is 1. The Morgan fingerprint density at radius 1 is 1.22 bits per heavy atom. The highest BCUT2D eigenvalue weighted by molar-refractivity contribution is 5.98. The molecule has 0 aromatic heterocycles. The van der Waals surface area contributed by atoms with Crippen LogP contribution in [0, 0.1) is 23.2 Å². The van der Waals surface area contributed by atoms with Gasteiger partial charge in [0.05, 0.1) is 11.6 Å². The van der Waals surface area contributed by atoms with Crippen LogP contribution in [-0.4, -0.2) is 30.4 Å². The molecule has 1 amide bonds. The topological polar surface area (TPSA) is 23.6 Å². The Morgan fingerprint density at radius 3 is 2.50 bits per heavy atom. The summed E-state index contributed by atoms with van der Waals surface area (Å²) in [6, 6.07) is 6.70. The van der Waals surface area contributed by atoms with Gasteiger partial charge in [-0.15, -0.1) is 6.42 Å². The number of rotatable bonds is 6. The van der Waals surface area contributed by atoms with Crippen LogP contribution in [0.1, 0.15) is 90.8 Å². The lowest BCUT2D eigenvalue weighted by atomic mass is 9.78. The molecule has 0 radical (unpaired) electrons. The van der Waals surface area contributed by atoms with Gasteiger partial charge < -0.3 is 9.80 Å². The number of hydrogen-bond donors (Lipinski definition) is 0. The van der Waals surface area contributed by atoms with Gasteiger partial charge in [0.15, 0.2) is 0 Å². The Balaban J connectivity index is 1.86. The van der Waals surface area contributed by atoms with E-state index < -0.39 is 0 Å². The minimum atomic E-state index is -0.124. The third kappa shape index (κ3) is 5.06. The van der Waals surface area contributed by atoms with Crippen molar-refractivity contribution in [1.82, 2.24) is 4.90 Å². The summed E-state index contributed by atoms with van der Waals surface area (Å²) in [7, 11) is 0. The summed E-state index contributed by atoms with van der Waals surface area (Å²) < 4.78 is 0. The molecule has 1 aromatic carbocycles. The van der Waals surface area contributed by atoms with Crippen LogP contribution in [0.25, 0.3) is 0 Å². The molecule has 1 unspecified atom stereocenters. The molecule has 0 N–H and O–H groups in total. The molecule has 1 fully saturated rings. The summed E-state index contributed by atoms with van der Waals surface area (Å²) >= 11 is 0. The van der Waals surface area contributed by atoms with Crippen LogP contribution >= 0.6 is 0 Å². The molecule has 32 heavy (non-hydrogen) atoms. The number of terminal acetylenes is 1. The van der Waals surface area contributed by atoms with Crippen molar-refractivity contribution in [3.05, 3.63) is 41.0 Å². The van der Waals surface area contributed by atoms with E-state index in [2.05, 4.69) is 70.6 Å². The molecule has 0 aliphatic carbocycles. The Morgan fingerprint density at radius 2 is 1.91 bits per heavy atom. The zero-order chi connectivity index (χ0) is 23.5. The third-order valence-electron chi connectivity index (χ3n) is 7.27. The number of amides is 1. The summed E-state index contributed by atoms with van der Waals surface area (Å²) in [4.78, 5) is 17.9. The van der Waals surface area contributed by atoms with Gasteiger partial charge in [-0.25, -0.2) is 0 Å². The van der Waals surface area contributed by atoms with E-state index in [1.54, 1.807) is 0 Å². The first kappa shape index (κ1) is 24.4. The molecule has 174 valence electrons. The molecular weight excluding hydrogens is 392 g/mol. The summed E-state index contributed by atoms with van der Waals surface area (Å²) in [6.07, 6.45) is 15.0. The molecule has 1 aromatic rings. The van der Waals surface area contributed by atoms with E-state index in [9.17, 15) is 4.79 Å². The zero-order valence-corrected chi connectivity index (χ0v) is 21.1. The van der Waals surface area contributed by atoms with E-state index in [1.165, 1.54) is 48.9 Å². The highest BCUT2D eigenvalue weighted by atomic mass is 16.2. The molecule has 3 nitrogen and oxygen atoms in total. The van der Waals surface area contributed by atoms with Crippen LogP contribution in [0.15, 0.2) is 29.8 Å². The Labute approximate surface area is 196 Å². The van der Waals surface area contributed by atoms with Crippen LogP contribution in [-0.2, 0) is 11.2 Å². The number of benzene rings is 1. The van der Waals surface area contributed by atoms with Gasteiger partial charge in [-0.1, -0.05) is 71.6 Å². The largest absolute Gasteiger partial charge is 0.371 e. The van der Waals surface area contributed by atoms with Crippen molar-refractivity contribution in [3.8, 4) is 12.3 Å². The minimum absolute atomic E-state index is 0.0166. The van der Waals surface area contributed by atoms with E-state index in [0.29, 0.717) is 11.0 Å². The Hall–Kier alpha value is -2.21. The van der Waals surface area contributed by atoms with Crippen LogP contribution in [0.2, 0.25) is 0 Å². The normalized spacial score (nSPS) is 20.8. The standard InChI is InChI=1S/C29H42N2O/c1-8-15-29(16-9-2)17-19-30(21-29)26-13-11-12-24-22(4)31(18-14-25(24)26)27(32)23(10-3)20-28(5,6)7/h3,11-13,20,22H,8-9,14-19,21H2,1-2,4-7H3/b23-20+. The molecule has 1 atom stereocenters. The molecule has 2 heterocycles. The van der Waals surface area contributed by atoms with Gasteiger partial charge in [0.1, 0.15) is 0 Å². The van der Waals surface area contributed by atoms with Crippen molar-refractivity contribution in [3.63, 3.8) is 0 Å². The van der Waals surface area contributed by atoms with Crippen LogP contribution in [0.5, 0.6) is 0 Å². The SMILES string of the molecule is C#C/C(=C\C(C)(C)C)C(=O)N1CCc2c(cccc2N2CCC(CCC)(CCC)C2)C1C. The average Bonchev–Trinajstić information content (AvgIpc) is 3.15. The maximum absolute atomic E-state index is 13.3. The first-order valence-corrected chi connectivity index (χ1v) is 12.5. The van der Waals surface area contributed by atoms with Crippen molar-refractivity contribution in [2.24, 2.45) is 10.8 Å². The smallest absolute Gasteiger partial charge is 0.262 e. The number of carbonyl (C=O) groups excluding carboxylic acids is 1. The molecule has 3 heteroatoms. The second kappa shape index (κ2) is 9.74. The molecule has 1 saturated heterocycles. The van der Waals surface area contributed by atoms with E-state index in [0.717, 1.165) is 26.1 Å². The monoisotopic (exact) mass is 434 g/mol. The van der Waals surface area contributed by atoms with Crippen molar-refractivity contribution < 1.29 is 4.79 Å². The lowest BCUT2D eigenvalue weighted by Crippen LogP contribution is -2.40. The van der Waals surface area contributed by atoms with Crippen LogP contribution in [0.4, 0.5) is 5.69 Å². The second-order valence-electron chi connectivity index (χ2n) is 11.0. The fourth-order valence-electron chi connectivity index (χ4n) is 5.91. The molecule has 0 bridgehead atoms. The highest BCUT2D eigenvalue weighted by Crippen LogP contribution is 2.44. The third-order valence-corrected chi connectivity index (χ3v) is 7.27. The van der Waals surface area contributed by atoms with Gasteiger partial charge in [0, 0.05) is 25.3 Å². The van der Waals surface area contributed by atoms with E-state index >= 15 is 0 Å². The van der Waals surface area contributed by atoms with E-state index in [4.69, 9.17) is 6.42 Å². The van der Waals surface area contributed by atoms with Crippen molar-refractivity contribution in [1.29, 1.82) is 0 Å². The quantitative estimate of drug-likeness (QED) is 0.375. The Kier molecular flexibility index (Phi) is 7.43. The van der Waals surface area contributed by atoms with Crippen molar-refractivity contribution in [2.45, 2.75) is 86.1 Å². The zero-order valence-electron chi connectivity index (χ0n) is 21.1. The molecule has 0 saturated carbocycles. The number of nitrogens with zero attached hydrogens (tertiary/aromatic N) is 2. The van der Waals surface area contributed by atoms with E-state index in [-0.39, 0.29) is 17.4 Å². The van der Waals surface area contributed by atoms with Gasteiger partial charge in [-0.2, -0.15) is 0 Å². The van der Waals surface area contributed by atoms with Gasteiger partial charge in [0.2, 0.25) is 0 Å². The molecule has 2 aliphatic heterocycles. The predicted octanol–water partition coefficient (Wildman–Crippen LogP) is 6.53. The predicted molar refractivity (Wildman–Crippen MR) is 136 cm³/mol. The fourth-order valence-corrected chi connectivity index (χ4v) is 5.91. The molecule has 2 aliphatic rings. The highest BCUT2D eigenvalue weighted by Gasteiger charge is 2.38. The lowest BCUT2D eigenvalue weighted by molar-refractivity contribution is -0.129. The fraction of sp³-hybridized carbons (Fsp3) is 0.621. The molecular formula is C29H42N2O. The maximum atomic E-state index is 13.3. The summed E-state index contributed by atoms with van der Waals surface area (Å²) in [5.41, 5.74) is 4.91. The number of allylic oxidation sites excluding steroid dienone is 1. The number of fused-ring (bicyclic) bond motifs is 1. The first-order chi connectivity index (χ1) is 15.1. The van der Waals surface area contributed by atoms with Gasteiger partial charge >= 0.3 is 0 Å². The molecule has 3 rings (SSSR count). The second-order valence-corrected chi connectivity index (χ2v) is 11.0. The van der Waals surface area contributed by atoms with Crippen LogP contribution < -0.4 is 4.90 Å². The first-order valence-electron chi connectivity index (χ1n) is 12.5. The van der Waals surface area contributed by atoms with E-state index in [1.807, 2.05) is 11.0 Å². The van der Waals surface area contributed by atoms with Crippen LogP contribution in [0.3, 0.4) is 0 Å². The number of hydrogen-bond acceptors (Lipinski definition) is 2. The Bertz CT molecular complexity index is 893. The lowest BCUT2D eigenvalue weighted by Gasteiger charge is -2.38. The maximum Gasteiger partial charge on any atom is 0.262 e. The average molecular weight is 435 g/mol. The summed E-state index contributed by atoms with van der Waals surface area (Å²) in [6.45, 7) is 16.0. The van der Waals surface area contributed by atoms with Crippen molar-refractivity contribution >= 4 is 11.6 Å². The molecule has 0 spiro atoms. The summed E-state index contributed by atoms with van der Waals surface area (Å²) in [5.74, 6) is 2.63. The summed E-state index contributed by atoms with van der Waals surface area (Å²) in [5, 5.41) is 0. The minimum Gasteiger partial charge on any atom is -0.371 e. The number of carbonyl (C=O) groups is 1. The van der Waals surface area contributed by atoms with Crippen molar-refractivity contribution in [2.75, 3.05) is 24.5 Å². The van der Waals surface area contributed by atoms with Gasteiger partial charge in [-0.3, -0.25) is 4.79 Å². The van der Waals surface area contributed by atoms with Gasteiger partial charge in [-0.05, 0) is 60.6 Å². The van der Waals surface area contributed by atoms with Gasteiger partial charge in [0.25, 0.3) is 5.91 Å².